The van der Waals surface area contributed by atoms with Crippen molar-refractivity contribution < 1.29 is 0 Å². The first-order chi connectivity index (χ1) is 4.85. The minimum atomic E-state index is 0.648. The van der Waals surface area contributed by atoms with Gasteiger partial charge in [-0.2, -0.15) is 0 Å². The molecule has 0 unspecified atom stereocenters. The van der Waals surface area contributed by atoms with E-state index in [1.165, 1.54) is 6.21 Å². The van der Waals surface area contributed by atoms with Crippen LogP contribution in [0.2, 0.25) is 0 Å². The fourth-order valence-corrected chi connectivity index (χ4v) is 0.660. The zero-order chi connectivity index (χ0) is 7.82. The van der Waals surface area contributed by atoms with Crippen molar-refractivity contribution in [3.05, 3.63) is 24.6 Å². The van der Waals surface area contributed by atoms with Crippen LogP contribution in [0.5, 0.6) is 0 Å². The van der Waals surface area contributed by atoms with Crippen LogP contribution in [-0.2, 0) is 0 Å². The van der Waals surface area contributed by atoms with Crippen LogP contribution >= 0.6 is 0 Å². The average Bonchev–Trinajstić information content (AvgIpc) is 1.90. The molecular formula is C8H14N2. The number of nitrogens with zero attached hydrogens (tertiary/aromatic N) is 1. The van der Waals surface area contributed by atoms with Crippen LogP contribution in [0.25, 0.3) is 0 Å². The van der Waals surface area contributed by atoms with Crippen molar-refractivity contribution in [1.29, 1.82) is 5.41 Å². The standard InChI is InChI=1S/C8H14N2/c1-3-6-10(7-4-2)8-5-9/h3-7,9H,8H2,1-2H3. The third-order valence-corrected chi connectivity index (χ3v) is 0.983. The topological polar surface area (TPSA) is 27.1 Å². The molecule has 2 nitrogen and oxygen atoms in total. The number of hydrogen-bond acceptors (Lipinski definition) is 2. The number of allylic oxidation sites excluding steroid dienone is 2. The summed E-state index contributed by atoms with van der Waals surface area (Å²) in [7, 11) is 0. The summed E-state index contributed by atoms with van der Waals surface area (Å²) in [6.07, 6.45) is 9.14. The van der Waals surface area contributed by atoms with E-state index in [1.54, 1.807) is 0 Å². The summed E-state index contributed by atoms with van der Waals surface area (Å²) >= 11 is 0. The van der Waals surface area contributed by atoms with Crippen molar-refractivity contribution in [2.75, 3.05) is 6.54 Å². The summed E-state index contributed by atoms with van der Waals surface area (Å²) in [6, 6.07) is 0. The highest BCUT2D eigenvalue weighted by molar-refractivity contribution is 5.55. The summed E-state index contributed by atoms with van der Waals surface area (Å²) in [6.45, 7) is 4.57. The predicted octanol–water partition coefficient (Wildman–Crippen LogP) is 2.01. The smallest absolute Gasteiger partial charge is 0.0565 e. The second kappa shape index (κ2) is 6.08. The molecule has 10 heavy (non-hydrogen) atoms. The van der Waals surface area contributed by atoms with Crippen molar-refractivity contribution in [2.45, 2.75) is 13.8 Å². The fourth-order valence-electron chi connectivity index (χ4n) is 0.660. The lowest BCUT2D eigenvalue weighted by molar-refractivity contribution is 0.584. The monoisotopic (exact) mass is 138 g/mol. The van der Waals surface area contributed by atoms with Crippen LogP contribution in [-0.4, -0.2) is 17.7 Å². The highest BCUT2D eigenvalue weighted by Gasteiger charge is 1.85. The maximum Gasteiger partial charge on any atom is 0.0565 e. The molecule has 0 saturated carbocycles. The molecule has 0 aliphatic heterocycles. The highest BCUT2D eigenvalue weighted by atomic mass is 15.1. The molecule has 0 aromatic carbocycles. The minimum absolute atomic E-state index is 0.648. The third kappa shape index (κ3) is 3.89. The first kappa shape index (κ1) is 8.95. The summed E-state index contributed by atoms with van der Waals surface area (Å²) in [5.41, 5.74) is 0. The Labute approximate surface area is 62.4 Å². The molecule has 1 N–H and O–H groups in total. The van der Waals surface area contributed by atoms with Gasteiger partial charge in [-0.05, 0) is 26.2 Å². The van der Waals surface area contributed by atoms with E-state index in [4.69, 9.17) is 5.41 Å². The Kier molecular flexibility index (Phi) is 5.44. The molecule has 0 fully saturated rings. The zero-order valence-electron chi connectivity index (χ0n) is 6.54. The predicted molar refractivity (Wildman–Crippen MR) is 45.1 cm³/mol. The molecule has 0 aliphatic rings. The molecular weight excluding hydrogens is 124 g/mol. The van der Waals surface area contributed by atoms with Gasteiger partial charge in [-0.1, -0.05) is 12.2 Å². The van der Waals surface area contributed by atoms with Crippen LogP contribution < -0.4 is 0 Å². The second-order valence-corrected chi connectivity index (χ2v) is 1.87. The van der Waals surface area contributed by atoms with Gasteiger partial charge in [0.15, 0.2) is 0 Å². The highest BCUT2D eigenvalue weighted by Crippen LogP contribution is 1.88. The second-order valence-electron chi connectivity index (χ2n) is 1.87. The molecule has 0 bridgehead atoms. The molecule has 0 aliphatic carbocycles. The molecule has 2 heteroatoms. The summed E-state index contributed by atoms with van der Waals surface area (Å²) in [4.78, 5) is 1.94. The van der Waals surface area contributed by atoms with E-state index in [1.807, 2.05) is 43.3 Å². The van der Waals surface area contributed by atoms with Crippen LogP contribution in [0.3, 0.4) is 0 Å². The van der Waals surface area contributed by atoms with Crippen molar-refractivity contribution in [3.63, 3.8) is 0 Å². The molecule has 0 spiro atoms. The van der Waals surface area contributed by atoms with E-state index < -0.39 is 0 Å². The lowest BCUT2D eigenvalue weighted by Gasteiger charge is -2.10. The normalized spacial score (nSPS) is 11.0. The largest absolute Gasteiger partial charge is 0.350 e. The van der Waals surface area contributed by atoms with Gasteiger partial charge in [0.05, 0.1) is 6.54 Å². The van der Waals surface area contributed by atoms with Crippen molar-refractivity contribution >= 4 is 6.21 Å². The van der Waals surface area contributed by atoms with Gasteiger partial charge in [-0.25, -0.2) is 0 Å². The lowest BCUT2D eigenvalue weighted by atomic mass is 10.5. The Balaban J connectivity index is 3.83. The van der Waals surface area contributed by atoms with E-state index in [2.05, 4.69) is 0 Å². The first-order valence-electron chi connectivity index (χ1n) is 3.35. The maximum absolute atomic E-state index is 6.86. The van der Waals surface area contributed by atoms with E-state index in [-0.39, 0.29) is 0 Å². The van der Waals surface area contributed by atoms with E-state index in [0.29, 0.717) is 6.54 Å². The van der Waals surface area contributed by atoms with Crippen molar-refractivity contribution in [3.8, 4) is 0 Å². The number of hydrogen-bond donors (Lipinski definition) is 1. The number of rotatable bonds is 4. The maximum atomic E-state index is 6.86. The Morgan fingerprint density at radius 1 is 1.20 bits per heavy atom. The van der Waals surface area contributed by atoms with Gasteiger partial charge in [-0.3, -0.25) is 0 Å². The summed E-state index contributed by atoms with van der Waals surface area (Å²) in [5.74, 6) is 0. The van der Waals surface area contributed by atoms with Gasteiger partial charge in [0.25, 0.3) is 0 Å². The molecule has 0 heterocycles. The van der Waals surface area contributed by atoms with E-state index in [0.717, 1.165) is 0 Å². The zero-order valence-corrected chi connectivity index (χ0v) is 6.54. The Bertz CT molecular complexity index is 124. The Hall–Kier alpha value is -1.05. The molecule has 0 saturated heterocycles. The molecule has 0 aromatic rings. The van der Waals surface area contributed by atoms with Crippen LogP contribution in [0, 0.1) is 5.41 Å². The molecule has 0 rings (SSSR count). The summed E-state index contributed by atoms with van der Waals surface area (Å²) < 4.78 is 0. The van der Waals surface area contributed by atoms with Gasteiger partial charge in [0.2, 0.25) is 0 Å². The van der Waals surface area contributed by atoms with Gasteiger partial charge in [-0.15, -0.1) is 0 Å². The average molecular weight is 138 g/mol. The molecule has 0 radical (unpaired) electrons. The van der Waals surface area contributed by atoms with Crippen LogP contribution in [0.15, 0.2) is 24.6 Å². The third-order valence-electron chi connectivity index (χ3n) is 0.983. The van der Waals surface area contributed by atoms with Crippen LogP contribution in [0.4, 0.5) is 0 Å². The molecule has 0 atom stereocenters. The van der Waals surface area contributed by atoms with Gasteiger partial charge in [0.1, 0.15) is 0 Å². The molecule has 0 amide bonds. The SMILES string of the molecule is CC=CN(C=CC)CC=N. The first-order valence-corrected chi connectivity index (χ1v) is 3.35. The van der Waals surface area contributed by atoms with Gasteiger partial charge < -0.3 is 10.3 Å². The minimum Gasteiger partial charge on any atom is -0.350 e. The lowest BCUT2D eigenvalue weighted by Crippen LogP contribution is -2.11. The van der Waals surface area contributed by atoms with E-state index in [9.17, 15) is 0 Å². The Morgan fingerprint density at radius 2 is 1.70 bits per heavy atom. The Morgan fingerprint density at radius 3 is 2.00 bits per heavy atom. The quantitative estimate of drug-likeness (QED) is 0.591. The van der Waals surface area contributed by atoms with Crippen molar-refractivity contribution in [1.82, 2.24) is 4.90 Å². The van der Waals surface area contributed by atoms with Crippen LogP contribution in [0.1, 0.15) is 13.8 Å². The van der Waals surface area contributed by atoms with E-state index >= 15 is 0 Å². The molecule has 56 valence electrons. The van der Waals surface area contributed by atoms with Crippen molar-refractivity contribution in [2.24, 2.45) is 0 Å². The van der Waals surface area contributed by atoms with Gasteiger partial charge >= 0.3 is 0 Å². The molecule has 0 aromatic heterocycles. The van der Waals surface area contributed by atoms with Gasteiger partial charge in [0, 0.05) is 6.21 Å². The number of nitrogens with one attached hydrogen (secondary N) is 1. The fraction of sp³-hybridized carbons (Fsp3) is 0.375. The summed E-state index contributed by atoms with van der Waals surface area (Å²) in [5, 5.41) is 6.86.